The Morgan fingerprint density at radius 3 is 2.44 bits per heavy atom. The molecular weight excluding hydrogens is 289 g/mol. The number of anilines is 1. The lowest BCUT2D eigenvalue weighted by Gasteiger charge is -2.32. The molecule has 2 N–H and O–H groups in total. The maximum Gasteiger partial charge on any atom is 0.0661 e. The molecule has 0 saturated carbocycles. The van der Waals surface area contributed by atoms with Crippen molar-refractivity contribution in [1.29, 1.82) is 0 Å². The smallest absolute Gasteiger partial charge is 0.0661 e. The second-order valence-corrected chi connectivity index (χ2v) is 5.16. The van der Waals surface area contributed by atoms with Gasteiger partial charge in [0, 0.05) is 10.2 Å². The fourth-order valence-electron chi connectivity index (χ4n) is 1.57. The Hall–Kier alpha value is -0.250. The highest BCUT2D eigenvalue weighted by Gasteiger charge is 2.24. The van der Waals surface area contributed by atoms with Crippen LogP contribution >= 0.6 is 27.5 Å². The van der Waals surface area contributed by atoms with E-state index in [9.17, 15) is 5.11 Å². The Labute approximate surface area is 110 Å². The number of halogens is 2. The van der Waals surface area contributed by atoms with Crippen molar-refractivity contribution in [3.05, 3.63) is 27.7 Å². The van der Waals surface area contributed by atoms with Gasteiger partial charge in [-0.25, -0.2) is 0 Å². The van der Waals surface area contributed by atoms with Crippen LogP contribution in [0.1, 0.15) is 26.7 Å². The minimum atomic E-state index is -0.243. The molecule has 1 aromatic rings. The maximum atomic E-state index is 9.46. The van der Waals surface area contributed by atoms with Crippen molar-refractivity contribution in [2.75, 3.05) is 11.9 Å². The first-order valence-electron chi connectivity index (χ1n) is 5.41. The summed E-state index contributed by atoms with van der Waals surface area (Å²) in [4.78, 5) is 0. The van der Waals surface area contributed by atoms with E-state index in [4.69, 9.17) is 11.6 Å². The van der Waals surface area contributed by atoms with Gasteiger partial charge < -0.3 is 10.4 Å². The maximum absolute atomic E-state index is 9.46. The van der Waals surface area contributed by atoms with Gasteiger partial charge in [0.1, 0.15) is 0 Å². The van der Waals surface area contributed by atoms with Crippen LogP contribution in [0.15, 0.2) is 22.7 Å². The summed E-state index contributed by atoms with van der Waals surface area (Å²) in [5, 5.41) is 13.5. The van der Waals surface area contributed by atoms with E-state index in [0.29, 0.717) is 5.02 Å². The predicted octanol–water partition coefficient (Wildman–Crippen LogP) is 4.07. The van der Waals surface area contributed by atoms with Crippen LogP contribution in [0.5, 0.6) is 0 Å². The van der Waals surface area contributed by atoms with Crippen molar-refractivity contribution in [1.82, 2.24) is 0 Å². The molecule has 0 heterocycles. The molecule has 0 aliphatic carbocycles. The highest BCUT2D eigenvalue weighted by molar-refractivity contribution is 9.10. The zero-order chi connectivity index (χ0) is 12.2. The van der Waals surface area contributed by atoms with Gasteiger partial charge in [-0.2, -0.15) is 0 Å². The van der Waals surface area contributed by atoms with E-state index < -0.39 is 0 Å². The van der Waals surface area contributed by atoms with Gasteiger partial charge in [-0.1, -0.05) is 25.4 Å². The lowest BCUT2D eigenvalue weighted by atomic mass is 9.93. The second-order valence-electron chi connectivity index (χ2n) is 3.90. The van der Waals surface area contributed by atoms with E-state index in [1.54, 1.807) is 0 Å². The quantitative estimate of drug-likeness (QED) is 0.859. The number of aliphatic hydroxyl groups excluding tert-OH is 1. The standard InChI is InChI=1S/C12H17BrClNO/c1-3-12(4-2,8-16)15-9-5-6-11(14)10(13)7-9/h5-7,15-16H,3-4,8H2,1-2H3. The largest absolute Gasteiger partial charge is 0.394 e. The number of benzene rings is 1. The number of nitrogens with one attached hydrogen (secondary N) is 1. The van der Waals surface area contributed by atoms with Crippen molar-refractivity contribution in [3.8, 4) is 0 Å². The fraction of sp³-hybridized carbons (Fsp3) is 0.500. The average molecular weight is 307 g/mol. The Morgan fingerprint density at radius 1 is 1.38 bits per heavy atom. The molecule has 0 fully saturated rings. The van der Waals surface area contributed by atoms with E-state index in [1.165, 1.54) is 0 Å². The van der Waals surface area contributed by atoms with Gasteiger partial charge in [0.15, 0.2) is 0 Å². The normalized spacial score (nSPS) is 11.6. The zero-order valence-electron chi connectivity index (χ0n) is 9.56. The molecular formula is C12H17BrClNO. The van der Waals surface area contributed by atoms with Gasteiger partial charge >= 0.3 is 0 Å². The molecule has 16 heavy (non-hydrogen) atoms. The molecule has 2 nitrogen and oxygen atoms in total. The Kier molecular flexibility index (Phi) is 5.09. The first-order chi connectivity index (χ1) is 7.56. The molecule has 0 aromatic heterocycles. The van der Waals surface area contributed by atoms with Gasteiger partial charge in [-0.3, -0.25) is 0 Å². The van der Waals surface area contributed by atoms with Crippen LogP contribution in [-0.4, -0.2) is 17.3 Å². The van der Waals surface area contributed by atoms with Crippen LogP contribution in [0.2, 0.25) is 5.02 Å². The predicted molar refractivity (Wildman–Crippen MR) is 73.2 cm³/mol. The number of aliphatic hydroxyl groups is 1. The minimum absolute atomic E-state index is 0.125. The average Bonchev–Trinajstić information content (AvgIpc) is 2.31. The van der Waals surface area contributed by atoms with Gasteiger partial charge in [0.2, 0.25) is 0 Å². The third-order valence-electron chi connectivity index (χ3n) is 2.99. The summed E-state index contributed by atoms with van der Waals surface area (Å²) in [7, 11) is 0. The first kappa shape index (κ1) is 13.8. The van der Waals surface area contributed by atoms with Crippen LogP contribution in [-0.2, 0) is 0 Å². The third-order valence-corrected chi connectivity index (χ3v) is 4.20. The summed E-state index contributed by atoms with van der Waals surface area (Å²) in [5.74, 6) is 0. The highest BCUT2D eigenvalue weighted by Crippen LogP contribution is 2.28. The van der Waals surface area contributed by atoms with Crippen LogP contribution in [0.25, 0.3) is 0 Å². The van der Waals surface area contributed by atoms with Crippen LogP contribution in [0.3, 0.4) is 0 Å². The second kappa shape index (κ2) is 5.89. The van der Waals surface area contributed by atoms with E-state index in [1.807, 2.05) is 18.2 Å². The molecule has 0 saturated heterocycles. The van der Waals surface area contributed by atoms with E-state index in [0.717, 1.165) is 23.0 Å². The summed E-state index contributed by atoms with van der Waals surface area (Å²) in [6.45, 7) is 4.26. The molecule has 0 unspecified atom stereocenters. The molecule has 0 bridgehead atoms. The topological polar surface area (TPSA) is 32.3 Å². The summed E-state index contributed by atoms with van der Waals surface area (Å²) >= 11 is 9.31. The first-order valence-corrected chi connectivity index (χ1v) is 6.58. The van der Waals surface area contributed by atoms with E-state index >= 15 is 0 Å². The minimum Gasteiger partial charge on any atom is -0.394 e. The molecule has 0 aliphatic rings. The monoisotopic (exact) mass is 305 g/mol. The van der Waals surface area contributed by atoms with Crippen molar-refractivity contribution >= 4 is 33.2 Å². The summed E-state index contributed by atoms with van der Waals surface area (Å²) in [6.07, 6.45) is 1.75. The SMILES string of the molecule is CCC(CC)(CO)Nc1ccc(Cl)c(Br)c1. The van der Waals surface area contributed by atoms with Crippen molar-refractivity contribution in [2.24, 2.45) is 0 Å². The molecule has 0 spiro atoms. The van der Waals surface area contributed by atoms with E-state index in [2.05, 4.69) is 35.1 Å². The summed E-state index contributed by atoms with van der Waals surface area (Å²) in [5.41, 5.74) is 0.724. The third kappa shape index (κ3) is 3.12. The molecule has 1 aromatic carbocycles. The molecule has 4 heteroatoms. The van der Waals surface area contributed by atoms with Gasteiger partial charge in [0.05, 0.1) is 17.2 Å². The molecule has 0 atom stereocenters. The fourth-order valence-corrected chi connectivity index (χ4v) is 2.07. The zero-order valence-corrected chi connectivity index (χ0v) is 11.9. The van der Waals surface area contributed by atoms with Crippen molar-refractivity contribution in [2.45, 2.75) is 32.2 Å². The summed E-state index contributed by atoms with van der Waals surface area (Å²) in [6, 6.07) is 5.68. The molecule has 0 aliphatic heterocycles. The van der Waals surface area contributed by atoms with Crippen LogP contribution in [0.4, 0.5) is 5.69 Å². The lowest BCUT2D eigenvalue weighted by Crippen LogP contribution is -2.40. The van der Waals surface area contributed by atoms with Crippen LogP contribution < -0.4 is 5.32 Å². The van der Waals surface area contributed by atoms with Gasteiger partial charge in [-0.05, 0) is 47.0 Å². The van der Waals surface area contributed by atoms with E-state index in [-0.39, 0.29) is 12.1 Å². The Morgan fingerprint density at radius 2 is 2.00 bits per heavy atom. The number of hydrogen-bond acceptors (Lipinski definition) is 2. The van der Waals surface area contributed by atoms with Crippen molar-refractivity contribution in [3.63, 3.8) is 0 Å². The number of rotatable bonds is 5. The summed E-state index contributed by atoms with van der Waals surface area (Å²) < 4.78 is 0.859. The van der Waals surface area contributed by atoms with Crippen LogP contribution in [0, 0.1) is 0 Å². The molecule has 0 radical (unpaired) electrons. The van der Waals surface area contributed by atoms with Gasteiger partial charge in [-0.15, -0.1) is 0 Å². The molecule has 0 amide bonds. The molecule has 90 valence electrons. The molecule has 1 rings (SSSR count). The van der Waals surface area contributed by atoms with Crippen molar-refractivity contribution < 1.29 is 5.11 Å². The Bertz CT molecular complexity index is 345. The Balaban J connectivity index is 2.89. The number of hydrogen-bond donors (Lipinski definition) is 2. The lowest BCUT2D eigenvalue weighted by molar-refractivity contribution is 0.202. The highest BCUT2D eigenvalue weighted by atomic mass is 79.9. The van der Waals surface area contributed by atoms with Gasteiger partial charge in [0.25, 0.3) is 0 Å².